The number of nitrogens with one attached hydrogen (secondary N) is 1. The molecule has 0 bridgehead atoms. The highest BCUT2D eigenvalue weighted by atomic mass is 19.1. The smallest absolute Gasteiger partial charge is 0.258 e. The van der Waals surface area contributed by atoms with Crippen LogP contribution in [0, 0.1) is 26.6 Å². The lowest BCUT2D eigenvalue weighted by Crippen LogP contribution is -2.14. The maximum Gasteiger partial charge on any atom is 0.258 e. The number of carbonyl (C=O) groups excluding carboxylic acids is 1. The second kappa shape index (κ2) is 6.28. The number of carbonyl (C=O) groups is 1. The fourth-order valence-electron chi connectivity index (χ4n) is 2.59. The normalized spacial score (nSPS) is 10.7. The van der Waals surface area contributed by atoms with Gasteiger partial charge in [-0.25, -0.2) is 9.07 Å². The van der Waals surface area contributed by atoms with Crippen molar-refractivity contribution in [1.82, 2.24) is 9.78 Å². The Bertz CT molecular complexity index is 897. The lowest BCUT2D eigenvalue weighted by molar-refractivity contribution is 0.102. The molecule has 0 saturated heterocycles. The summed E-state index contributed by atoms with van der Waals surface area (Å²) in [5.74, 6) is -1.03. The van der Waals surface area contributed by atoms with Crippen LogP contribution in [0.2, 0.25) is 0 Å². The van der Waals surface area contributed by atoms with Gasteiger partial charge in [0.2, 0.25) is 0 Å². The Hall–Kier alpha value is -2.95. The van der Waals surface area contributed by atoms with Crippen molar-refractivity contribution >= 4 is 11.6 Å². The summed E-state index contributed by atoms with van der Waals surface area (Å²) in [4.78, 5) is 12.3. The van der Waals surface area contributed by atoms with Crippen LogP contribution in [-0.2, 0) is 0 Å². The average molecular weight is 323 g/mol. The molecule has 3 aromatic rings. The summed E-state index contributed by atoms with van der Waals surface area (Å²) in [7, 11) is 0. The van der Waals surface area contributed by atoms with E-state index < -0.39 is 11.7 Å². The molecular formula is C19H18FN3O. The third-order valence-corrected chi connectivity index (χ3v) is 3.93. The van der Waals surface area contributed by atoms with Gasteiger partial charge in [-0.15, -0.1) is 0 Å². The molecule has 0 aliphatic carbocycles. The molecule has 3 rings (SSSR count). The van der Waals surface area contributed by atoms with Gasteiger partial charge >= 0.3 is 0 Å². The van der Waals surface area contributed by atoms with Crippen molar-refractivity contribution in [2.45, 2.75) is 20.8 Å². The molecule has 0 fully saturated rings. The lowest BCUT2D eigenvalue weighted by Gasteiger charge is -2.08. The van der Waals surface area contributed by atoms with E-state index in [1.807, 2.05) is 45.0 Å². The Balaban J connectivity index is 1.94. The van der Waals surface area contributed by atoms with Gasteiger partial charge in [0.15, 0.2) is 0 Å². The number of nitrogens with zero attached hydrogens (tertiary/aromatic N) is 2. The fourth-order valence-corrected chi connectivity index (χ4v) is 2.59. The second-order valence-corrected chi connectivity index (χ2v) is 5.73. The van der Waals surface area contributed by atoms with Crippen molar-refractivity contribution in [3.05, 3.63) is 76.9 Å². The number of benzene rings is 2. The molecule has 1 heterocycles. The zero-order valence-electron chi connectivity index (χ0n) is 13.8. The van der Waals surface area contributed by atoms with Gasteiger partial charge in [0, 0.05) is 0 Å². The van der Waals surface area contributed by atoms with Crippen LogP contribution >= 0.6 is 0 Å². The number of halogens is 1. The molecule has 1 aromatic heterocycles. The van der Waals surface area contributed by atoms with Crippen LogP contribution in [0.1, 0.15) is 27.3 Å². The largest absolute Gasteiger partial charge is 0.319 e. The summed E-state index contributed by atoms with van der Waals surface area (Å²) in [6.45, 7) is 5.70. The standard InChI is InChI=1S/C19H18FN3O/c1-12-8-10-15(11-9-12)23-14(3)18(13(2)22-23)21-19(24)16-6-4-5-7-17(16)20/h4-11H,1-3H3,(H,21,24). The van der Waals surface area contributed by atoms with E-state index in [-0.39, 0.29) is 5.56 Å². The van der Waals surface area contributed by atoms with Crippen LogP contribution in [0.15, 0.2) is 48.5 Å². The highest BCUT2D eigenvalue weighted by Crippen LogP contribution is 2.24. The van der Waals surface area contributed by atoms with E-state index in [2.05, 4.69) is 10.4 Å². The Morgan fingerprint density at radius 1 is 1.04 bits per heavy atom. The quantitative estimate of drug-likeness (QED) is 0.785. The minimum atomic E-state index is -0.545. The molecule has 0 aliphatic heterocycles. The first kappa shape index (κ1) is 15.9. The molecule has 24 heavy (non-hydrogen) atoms. The predicted octanol–water partition coefficient (Wildman–Crippen LogP) is 4.19. The van der Waals surface area contributed by atoms with Gasteiger partial charge in [-0.1, -0.05) is 29.8 Å². The maximum absolute atomic E-state index is 13.8. The van der Waals surface area contributed by atoms with Gasteiger partial charge in [0.05, 0.1) is 28.3 Å². The van der Waals surface area contributed by atoms with Crippen molar-refractivity contribution < 1.29 is 9.18 Å². The minimum absolute atomic E-state index is 0.0133. The van der Waals surface area contributed by atoms with Crippen LogP contribution in [0.25, 0.3) is 5.69 Å². The van der Waals surface area contributed by atoms with E-state index in [0.29, 0.717) is 11.4 Å². The number of amides is 1. The highest BCUT2D eigenvalue weighted by molar-refractivity contribution is 6.05. The molecule has 0 spiro atoms. The molecule has 122 valence electrons. The van der Waals surface area contributed by atoms with Crippen LogP contribution in [0.4, 0.5) is 10.1 Å². The second-order valence-electron chi connectivity index (χ2n) is 5.73. The first-order chi connectivity index (χ1) is 11.5. The first-order valence-electron chi connectivity index (χ1n) is 7.66. The van der Waals surface area contributed by atoms with Crippen molar-refractivity contribution in [1.29, 1.82) is 0 Å². The number of hydrogen-bond donors (Lipinski definition) is 1. The van der Waals surface area contributed by atoms with E-state index in [4.69, 9.17) is 0 Å². The summed E-state index contributed by atoms with van der Waals surface area (Å²) < 4.78 is 15.5. The van der Waals surface area contributed by atoms with Crippen LogP contribution in [-0.4, -0.2) is 15.7 Å². The average Bonchev–Trinajstić information content (AvgIpc) is 2.84. The monoisotopic (exact) mass is 323 g/mol. The van der Waals surface area contributed by atoms with Crippen molar-refractivity contribution in [3.8, 4) is 5.69 Å². The summed E-state index contributed by atoms with van der Waals surface area (Å²) in [6.07, 6.45) is 0. The van der Waals surface area contributed by atoms with Gasteiger partial charge in [-0.3, -0.25) is 4.79 Å². The number of anilines is 1. The molecular weight excluding hydrogens is 305 g/mol. The number of hydrogen-bond acceptors (Lipinski definition) is 2. The fraction of sp³-hybridized carbons (Fsp3) is 0.158. The molecule has 0 aliphatic rings. The van der Waals surface area contributed by atoms with Crippen molar-refractivity contribution in [2.75, 3.05) is 5.32 Å². The topological polar surface area (TPSA) is 46.9 Å². The van der Waals surface area contributed by atoms with Gasteiger partial charge < -0.3 is 5.32 Å². The minimum Gasteiger partial charge on any atom is -0.319 e. The Kier molecular flexibility index (Phi) is 4.16. The van der Waals surface area contributed by atoms with E-state index >= 15 is 0 Å². The van der Waals surface area contributed by atoms with Crippen molar-refractivity contribution in [2.24, 2.45) is 0 Å². The molecule has 0 saturated carbocycles. The summed E-state index contributed by atoms with van der Waals surface area (Å²) in [6, 6.07) is 13.9. The highest BCUT2D eigenvalue weighted by Gasteiger charge is 2.17. The molecule has 0 unspecified atom stereocenters. The van der Waals surface area contributed by atoms with E-state index in [1.165, 1.54) is 12.1 Å². The van der Waals surface area contributed by atoms with E-state index in [9.17, 15) is 9.18 Å². The number of aromatic nitrogens is 2. The van der Waals surface area contributed by atoms with Crippen LogP contribution in [0.5, 0.6) is 0 Å². The summed E-state index contributed by atoms with van der Waals surface area (Å²) >= 11 is 0. The first-order valence-corrected chi connectivity index (χ1v) is 7.66. The zero-order chi connectivity index (χ0) is 17.3. The van der Waals surface area contributed by atoms with Gasteiger partial charge in [0.25, 0.3) is 5.91 Å². The molecule has 1 N–H and O–H groups in total. The predicted molar refractivity (Wildman–Crippen MR) is 92.1 cm³/mol. The Morgan fingerprint density at radius 3 is 2.38 bits per heavy atom. The molecule has 2 aromatic carbocycles. The van der Waals surface area contributed by atoms with Gasteiger partial charge in [-0.2, -0.15) is 5.10 Å². The summed E-state index contributed by atoms with van der Waals surface area (Å²) in [5, 5.41) is 7.26. The van der Waals surface area contributed by atoms with Gasteiger partial charge in [0.1, 0.15) is 5.82 Å². The maximum atomic E-state index is 13.8. The molecule has 0 atom stereocenters. The van der Waals surface area contributed by atoms with E-state index in [0.717, 1.165) is 16.9 Å². The molecule has 0 radical (unpaired) electrons. The Morgan fingerprint density at radius 2 is 1.71 bits per heavy atom. The molecule has 5 heteroatoms. The third-order valence-electron chi connectivity index (χ3n) is 3.93. The number of aryl methyl sites for hydroxylation is 2. The molecule has 4 nitrogen and oxygen atoms in total. The lowest BCUT2D eigenvalue weighted by atomic mass is 10.2. The summed E-state index contributed by atoms with van der Waals surface area (Å²) in [5.41, 5.74) is 4.16. The molecule has 1 amide bonds. The van der Waals surface area contributed by atoms with Crippen LogP contribution in [0.3, 0.4) is 0 Å². The Labute approximate surface area is 139 Å². The van der Waals surface area contributed by atoms with Crippen molar-refractivity contribution in [3.63, 3.8) is 0 Å². The SMILES string of the molecule is Cc1ccc(-n2nc(C)c(NC(=O)c3ccccc3F)c2C)cc1. The third kappa shape index (κ3) is 2.93. The van der Waals surface area contributed by atoms with Crippen LogP contribution < -0.4 is 5.32 Å². The number of rotatable bonds is 3. The van der Waals surface area contributed by atoms with Gasteiger partial charge in [-0.05, 0) is 45.0 Å². The van der Waals surface area contributed by atoms with E-state index in [1.54, 1.807) is 16.8 Å². The zero-order valence-corrected chi connectivity index (χ0v) is 13.8.